The summed E-state index contributed by atoms with van der Waals surface area (Å²) in [5.74, 6) is -0.917. The third-order valence-corrected chi connectivity index (χ3v) is 1.95. The van der Waals surface area contributed by atoms with E-state index in [1.165, 1.54) is 13.2 Å². The summed E-state index contributed by atoms with van der Waals surface area (Å²) >= 11 is 0. The number of methoxy groups -OCH3 is 1. The fourth-order valence-corrected chi connectivity index (χ4v) is 1.29. The van der Waals surface area contributed by atoms with Crippen LogP contribution in [0.5, 0.6) is 11.5 Å². The van der Waals surface area contributed by atoms with Crippen LogP contribution >= 0.6 is 0 Å². The van der Waals surface area contributed by atoms with Crippen LogP contribution in [0.1, 0.15) is 22.8 Å². The quantitative estimate of drug-likeness (QED) is 0.702. The number of esters is 1. The second-order valence-electron chi connectivity index (χ2n) is 2.84. The fourth-order valence-electron chi connectivity index (χ4n) is 1.29. The molecule has 0 atom stereocenters. The fraction of sp³-hybridized carbons (Fsp3) is 0.300. The summed E-state index contributed by atoms with van der Waals surface area (Å²) < 4.78 is 4.52. The van der Waals surface area contributed by atoms with Crippen LogP contribution in [-0.4, -0.2) is 23.3 Å². The average Bonchev–Trinajstić information content (AvgIpc) is 2.15. The van der Waals surface area contributed by atoms with E-state index in [2.05, 4.69) is 4.74 Å². The second-order valence-corrected chi connectivity index (χ2v) is 2.84. The topological polar surface area (TPSA) is 66.8 Å². The number of carbonyl (C=O) groups is 1. The number of aromatic hydroxyl groups is 2. The Kier molecular flexibility index (Phi) is 2.96. The van der Waals surface area contributed by atoms with E-state index in [1.54, 1.807) is 0 Å². The lowest BCUT2D eigenvalue weighted by atomic mass is 10.0. The van der Waals surface area contributed by atoms with Crippen molar-refractivity contribution in [3.05, 3.63) is 23.3 Å². The van der Waals surface area contributed by atoms with Crippen molar-refractivity contribution in [1.29, 1.82) is 0 Å². The van der Waals surface area contributed by atoms with Gasteiger partial charge in [-0.3, -0.25) is 0 Å². The summed E-state index contributed by atoms with van der Waals surface area (Å²) in [5.41, 5.74) is 0.683. The minimum absolute atomic E-state index is 0.0630. The largest absolute Gasteiger partial charge is 0.508 e. The van der Waals surface area contributed by atoms with Gasteiger partial charge in [0.15, 0.2) is 0 Å². The minimum atomic E-state index is -0.598. The van der Waals surface area contributed by atoms with Crippen molar-refractivity contribution < 1.29 is 19.7 Å². The van der Waals surface area contributed by atoms with Gasteiger partial charge in [-0.15, -0.1) is 0 Å². The standard InChI is InChI=1S/C10H12O4/c1-3-6-4-7(11)5-8(12)9(6)10(13)14-2/h4-5,11-12H,3H2,1-2H3. The van der Waals surface area contributed by atoms with Crippen LogP contribution in [0.4, 0.5) is 0 Å². The van der Waals surface area contributed by atoms with E-state index in [4.69, 9.17) is 0 Å². The van der Waals surface area contributed by atoms with Gasteiger partial charge in [0.25, 0.3) is 0 Å². The SMILES string of the molecule is CCc1cc(O)cc(O)c1C(=O)OC. The van der Waals surface area contributed by atoms with Crippen molar-refractivity contribution in [2.24, 2.45) is 0 Å². The molecule has 4 heteroatoms. The summed E-state index contributed by atoms with van der Waals surface area (Å²) in [7, 11) is 1.24. The van der Waals surface area contributed by atoms with Gasteiger partial charge in [0, 0.05) is 6.07 Å². The van der Waals surface area contributed by atoms with E-state index in [0.29, 0.717) is 12.0 Å². The molecule has 0 bridgehead atoms. The molecule has 4 nitrogen and oxygen atoms in total. The molecule has 0 radical (unpaired) electrons. The van der Waals surface area contributed by atoms with E-state index in [1.807, 2.05) is 6.92 Å². The lowest BCUT2D eigenvalue weighted by molar-refractivity contribution is 0.0596. The third kappa shape index (κ3) is 1.79. The molecule has 0 aliphatic rings. The molecule has 0 aliphatic heterocycles. The number of rotatable bonds is 2. The number of aryl methyl sites for hydroxylation is 1. The molecule has 0 amide bonds. The molecule has 0 aliphatic carbocycles. The van der Waals surface area contributed by atoms with Gasteiger partial charge in [-0.1, -0.05) is 6.92 Å². The maximum Gasteiger partial charge on any atom is 0.341 e. The van der Waals surface area contributed by atoms with Gasteiger partial charge in [0.2, 0.25) is 0 Å². The summed E-state index contributed by atoms with van der Waals surface area (Å²) in [6, 6.07) is 2.55. The molecule has 0 heterocycles. The predicted octanol–water partition coefficient (Wildman–Crippen LogP) is 1.45. The van der Waals surface area contributed by atoms with Crippen molar-refractivity contribution in [2.45, 2.75) is 13.3 Å². The lowest BCUT2D eigenvalue weighted by Crippen LogP contribution is -2.05. The minimum Gasteiger partial charge on any atom is -0.508 e. The maximum absolute atomic E-state index is 11.3. The molecule has 1 rings (SSSR count). The summed E-state index contributed by atoms with van der Waals surface area (Å²) in [5, 5.41) is 18.6. The Bertz CT molecular complexity index is 357. The molecule has 0 unspecified atom stereocenters. The first-order valence-corrected chi connectivity index (χ1v) is 4.23. The van der Waals surface area contributed by atoms with E-state index >= 15 is 0 Å². The van der Waals surface area contributed by atoms with Crippen LogP contribution < -0.4 is 0 Å². The van der Waals surface area contributed by atoms with Crippen LogP contribution in [0.15, 0.2) is 12.1 Å². The zero-order valence-electron chi connectivity index (χ0n) is 8.07. The first-order valence-electron chi connectivity index (χ1n) is 4.23. The number of carbonyl (C=O) groups excluding carboxylic acids is 1. The van der Waals surface area contributed by atoms with Crippen LogP contribution in [0.3, 0.4) is 0 Å². The number of phenolic OH excluding ortho intramolecular Hbond substituents is 2. The highest BCUT2D eigenvalue weighted by Gasteiger charge is 2.16. The number of hydrogen-bond donors (Lipinski definition) is 2. The third-order valence-electron chi connectivity index (χ3n) is 1.95. The molecule has 0 spiro atoms. The summed E-state index contributed by atoms with van der Waals surface area (Å²) in [6.45, 7) is 1.82. The molecule has 0 saturated carbocycles. The number of benzene rings is 1. The highest BCUT2D eigenvalue weighted by Crippen LogP contribution is 2.28. The second kappa shape index (κ2) is 4.00. The molecular formula is C10H12O4. The van der Waals surface area contributed by atoms with Gasteiger partial charge < -0.3 is 14.9 Å². The lowest BCUT2D eigenvalue weighted by Gasteiger charge is -2.08. The van der Waals surface area contributed by atoms with Crippen molar-refractivity contribution in [2.75, 3.05) is 7.11 Å². The maximum atomic E-state index is 11.3. The van der Waals surface area contributed by atoms with Crippen LogP contribution in [0, 0.1) is 0 Å². The van der Waals surface area contributed by atoms with Crippen molar-refractivity contribution in [1.82, 2.24) is 0 Å². The van der Waals surface area contributed by atoms with Gasteiger partial charge in [-0.2, -0.15) is 0 Å². The normalized spacial score (nSPS) is 9.86. The molecule has 14 heavy (non-hydrogen) atoms. The number of phenols is 2. The molecule has 0 saturated heterocycles. The van der Waals surface area contributed by atoms with Gasteiger partial charge in [-0.05, 0) is 18.1 Å². The first kappa shape index (κ1) is 10.4. The highest BCUT2D eigenvalue weighted by molar-refractivity contribution is 5.94. The predicted molar refractivity (Wildman–Crippen MR) is 50.5 cm³/mol. The Balaban J connectivity index is 3.32. The van der Waals surface area contributed by atoms with Crippen LogP contribution in [-0.2, 0) is 11.2 Å². The number of ether oxygens (including phenoxy) is 1. The van der Waals surface area contributed by atoms with E-state index in [0.717, 1.165) is 6.07 Å². The Morgan fingerprint density at radius 3 is 2.57 bits per heavy atom. The summed E-state index contributed by atoms with van der Waals surface area (Å²) in [4.78, 5) is 11.3. The molecule has 0 aromatic heterocycles. The monoisotopic (exact) mass is 196 g/mol. The van der Waals surface area contributed by atoms with Crippen molar-refractivity contribution >= 4 is 5.97 Å². The Labute approximate surface area is 81.8 Å². The van der Waals surface area contributed by atoms with Gasteiger partial charge in [-0.25, -0.2) is 4.79 Å². The van der Waals surface area contributed by atoms with Gasteiger partial charge in [0.05, 0.1) is 7.11 Å². The van der Waals surface area contributed by atoms with Gasteiger partial charge >= 0.3 is 5.97 Å². The summed E-state index contributed by atoms with van der Waals surface area (Å²) in [6.07, 6.45) is 0.534. The van der Waals surface area contributed by atoms with E-state index in [-0.39, 0.29) is 17.1 Å². The van der Waals surface area contributed by atoms with E-state index in [9.17, 15) is 15.0 Å². The number of hydrogen-bond acceptors (Lipinski definition) is 4. The zero-order valence-corrected chi connectivity index (χ0v) is 8.07. The average molecular weight is 196 g/mol. The first-order chi connectivity index (χ1) is 6.60. The molecule has 1 aromatic rings. The zero-order chi connectivity index (χ0) is 10.7. The highest BCUT2D eigenvalue weighted by atomic mass is 16.5. The van der Waals surface area contributed by atoms with Crippen molar-refractivity contribution in [3.8, 4) is 11.5 Å². The van der Waals surface area contributed by atoms with Crippen LogP contribution in [0.2, 0.25) is 0 Å². The molecule has 76 valence electrons. The van der Waals surface area contributed by atoms with Crippen molar-refractivity contribution in [3.63, 3.8) is 0 Å². The Hall–Kier alpha value is -1.71. The molecule has 1 aromatic carbocycles. The molecular weight excluding hydrogens is 184 g/mol. The smallest absolute Gasteiger partial charge is 0.341 e. The molecule has 0 fully saturated rings. The van der Waals surface area contributed by atoms with Gasteiger partial charge in [0.1, 0.15) is 17.1 Å². The Morgan fingerprint density at radius 1 is 1.43 bits per heavy atom. The Morgan fingerprint density at radius 2 is 2.07 bits per heavy atom. The van der Waals surface area contributed by atoms with Crippen LogP contribution in [0.25, 0.3) is 0 Å². The molecule has 2 N–H and O–H groups in total. The van der Waals surface area contributed by atoms with E-state index < -0.39 is 5.97 Å².